The third-order valence-corrected chi connectivity index (χ3v) is 7.34. The fourth-order valence-electron chi connectivity index (χ4n) is 4.47. The molecule has 6 nitrogen and oxygen atoms in total. The van der Waals surface area contributed by atoms with Crippen molar-refractivity contribution in [3.63, 3.8) is 0 Å². The number of morpholine rings is 1. The van der Waals surface area contributed by atoms with Crippen LogP contribution in [0.3, 0.4) is 0 Å². The predicted octanol–water partition coefficient (Wildman–Crippen LogP) is 5.57. The summed E-state index contributed by atoms with van der Waals surface area (Å²) in [6, 6.07) is 22.5. The van der Waals surface area contributed by atoms with E-state index >= 15 is 0 Å². The number of hydrogen-bond acceptors (Lipinski definition) is 4. The summed E-state index contributed by atoms with van der Waals surface area (Å²) >= 11 is 12.2. The highest BCUT2D eigenvalue weighted by molar-refractivity contribution is 6.31. The van der Waals surface area contributed by atoms with E-state index < -0.39 is 5.60 Å². The number of rotatable bonds is 9. The molecule has 3 aromatic rings. The molecule has 3 aromatic carbocycles. The molecule has 0 aliphatic carbocycles. The smallest absolute Gasteiger partial charge is 0.227 e. The Labute approximate surface area is 234 Å². The summed E-state index contributed by atoms with van der Waals surface area (Å²) < 4.78 is 12.4. The second-order valence-corrected chi connectivity index (χ2v) is 10.6. The maximum absolute atomic E-state index is 13.4. The minimum atomic E-state index is -0.997. The molecule has 1 heterocycles. The van der Waals surface area contributed by atoms with Crippen LogP contribution in [0, 0.1) is 6.92 Å². The van der Waals surface area contributed by atoms with Gasteiger partial charge in [-0.25, -0.2) is 0 Å². The van der Waals surface area contributed by atoms with Gasteiger partial charge in [0.05, 0.1) is 26.0 Å². The normalized spacial score (nSPS) is 17.2. The summed E-state index contributed by atoms with van der Waals surface area (Å²) in [5.41, 5.74) is 1.81. The second-order valence-electron chi connectivity index (χ2n) is 9.76. The number of hydrogen-bond donors (Lipinski definition) is 0. The second kappa shape index (κ2) is 12.7. The molecule has 0 unspecified atom stereocenters. The van der Waals surface area contributed by atoms with Crippen LogP contribution in [0.25, 0.3) is 0 Å². The van der Waals surface area contributed by atoms with Gasteiger partial charge in [-0.15, -0.1) is 0 Å². The first-order valence-electron chi connectivity index (χ1n) is 12.6. The number of carbonyl (C=O) groups excluding carboxylic acids is 2. The summed E-state index contributed by atoms with van der Waals surface area (Å²) in [5, 5.41) is 1.27. The number of benzene rings is 3. The van der Waals surface area contributed by atoms with Gasteiger partial charge >= 0.3 is 0 Å². The largest absolute Gasteiger partial charge is 0.490 e. The lowest BCUT2D eigenvalue weighted by Gasteiger charge is -2.42. The quantitative estimate of drug-likeness (QED) is 0.347. The van der Waals surface area contributed by atoms with E-state index in [2.05, 4.69) is 0 Å². The molecule has 0 radical (unpaired) electrons. The van der Waals surface area contributed by atoms with Gasteiger partial charge in [0.25, 0.3) is 0 Å². The van der Waals surface area contributed by atoms with Crippen molar-refractivity contribution in [1.29, 1.82) is 0 Å². The SMILES string of the molecule is Cc1cc(OC[C@]2(CC(=O)N(C)Cc3ccccc3)CN(C(=O)Cc3ccc(Cl)cc3)CCO2)ccc1Cl. The Bertz CT molecular complexity index is 1250. The van der Waals surface area contributed by atoms with E-state index in [0.29, 0.717) is 35.5 Å². The highest BCUT2D eigenvalue weighted by Crippen LogP contribution is 2.28. The first-order chi connectivity index (χ1) is 18.2. The molecule has 0 bridgehead atoms. The minimum Gasteiger partial charge on any atom is -0.490 e. The number of carbonyl (C=O) groups is 2. The molecule has 1 aliphatic rings. The third kappa shape index (κ3) is 7.50. The van der Waals surface area contributed by atoms with E-state index in [9.17, 15) is 9.59 Å². The number of nitrogens with zero attached hydrogens (tertiary/aromatic N) is 2. The van der Waals surface area contributed by atoms with Crippen molar-refractivity contribution in [2.45, 2.75) is 31.9 Å². The van der Waals surface area contributed by atoms with Crippen LogP contribution in [-0.4, -0.2) is 60.6 Å². The van der Waals surface area contributed by atoms with Crippen molar-refractivity contribution in [2.24, 2.45) is 0 Å². The van der Waals surface area contributed by atoms with Crippen LogP contribution in [0.5, 0.6) is 5.75 Å². The van der Waals surface area contributed by atoms with Gasteiger partial charge in [0.1, 0.15) is 18.0 Å². The molecule has 2 amide bonds. The van der Waals surface area contributed by atoms with Gasteiger partial charge < -0.3 is 19.3 Å². The summed E-state index contributed by atoms with van der Waals surface area (Å²) in [4.78, 5) is 30.1. The maximum atomic E-state index is 13.4. The Morgan fingerprint density at radius 2 is 1.76 bits per heavy atom. The summed E-state index contributed by atoms with van der Waals surface area (Å²) in [5.74, 6) is 0.508. The van der Waals surface area contributed by atoms with Crippen LogP contribution < -0.4 is 4.74 Å². The Hall–Kier alpha value is -3.06. The lowest BCUT2D eigenvalue weighted by Crippen LogP contribution is -2.58. The van der Waals surface area contributed by atoms with Gasteiger partial charge in [-0.3, -0.25) is 9.59 Å². The van der Waals surface area contributed by atoms with E-state index in [1.807, 2.05) is 55.5 Å². The monoisotopic (exact) mass is 554 g/mol. The number of ether oxygens (including phenoxy) is 2. The molecule has 200 valence electrons. The number of aryl methyl sites for hydroxylation is 1. The molecule has 0 spiro atoms. The van der Waals surface area contributed by atoms with Crippen molar-refractivity contribution in [2.75, 3.05) is 33.4 Å². The van der Waals surface area contributed by atoms with Gasteiger partial charge in [-0.1, -0.05) is 65.7 Å². The van der Waals surface area contributed by atoms with Crippen molar-refractivity contribution in [3.05, 3.63) is 99.5 Å². The maximum Gasteiger partial charge on any atom is 0.227 e. The molecule has 0 saturated carbocycles. The van der Waals surface area contributed by atoms with Crippen LogP contribution >= 0.6 is 23.2 Å². The Morgan fingerprint density at radius 1 is 1.03 bits per heavy atom. The molecule has 1 atom stereocenters. The molecule has 38 heavy (non-hydrogen) atoms. The van der Waals surface area contributed by atoms with E-state index in [1.54, 1.807) is 41.1 Å². The standard InChI is InChI=1S/C30H32Cl2N2O4/c1-22-16-26(12-13-27(22)32)37-21-30(18-29(36)33(2)19-24-6-4-3-5-7-24)20-34(14-15-38-30)28(35)17-23-8-10-25(31)11-9-23/h3-13,16H,14-15,17-21H2,1-2H3/t30-/m0/s1. The fraction of sp³-hybridized carbons (Fsp3) is 0.333. The fourth-order valence-corrected chi connectivity index (χ4v) is 4.71. The van der Waals surface area contributed by atoms with Crippen LogP contribution in [0.1, 0.15) is 23.1 Å². The van der Waals surface area contributed by atoms with E-state index in [0.717, 1.165) is 16.7 Å². The van der Waals surface area contributed by atoms with Crippen LogP contribution in [-0.2, 0) is 27.3 Å². The Balaban J connectivity index is 1.50. The van der Waals surface area contributed by atoms with E-state index in [-0.39, 0.29) is 37.8 Å². The molecular formula is C30H32Cl2N2O4. The van der Waals surface area contributed by atoms with E-state index in [4.69, 9.17) is 32.7 Å². The zero-order chi connectivity index (χ0) is 27.1. The van der Waals surface area contributed by atoms with Crippen molar-refractivity contribution in [1.82, 2.24) is 9.80 Å². The highest BCUT2D eigenvalue weighted by atomic mass is 35.5. The summed E-state index contributed by atoms with van der Waals surface area (Å²) in [6.07, 6.45) is 0.319. The molecule has 0 aromatic heterocycles. The van der Waals surface area contributed by atoms with Crippen molar-refractivity contribution >= 4 is 35.0 Å². The van der Waals surface area contributed by atoms with Crippen molar-refractivity contribution in [3.8, 4) is 5.75 Å². The molecule has 1 fully saturated rings. The third-order valence-electron chi connectivity index (χ3n) is 6.66. The highest BCUT2D eigenvalue weighted by Gasteiger charge is 2.42. The average molecular weight is 556 g/mol. The molecule has 8 heteroatoms. The summed E-state index contributed by atoms with van der Waals surface area (Å²) in [6.45, 7) is 3.50. The van der Waals surface area contributed by atoms with Gasteiger partial charge in [-0.05, 0) is 53.9 Å². The zero-order valence-corrected chi connectivity index (χ0v) is 23.2. The topological polar surface area (TPSA) is 59.1 Å². The lowest BCUT2D eigenvalue weighted by atomic mass is 9.96. The predicted molar refractivity (Wildman–Crippen MR) is 150 cm³/mol. The zero-order valence-electron chi connectivity index (χ0n) is 21.7. The molecular weight excluding hydrogens is 523 g/mol. The Kier molecular flexibility index (Phi) is 9.31. The van der Waals surface area contributed by atoms with Gasteiger partial charge in [0.2, 0.25) is 11.8 Å². The Morgan fingerprint density at radius 3 is 2.47 bits per heavy atom. The van der Waals surface area contributed by atoms with Crippen LogP contribution in [0.2, 0.25) is 10.0 Å². The molecule has 1 saturated heterocycles. The van der Waals surface area contributed by atoms with E-state index in [1.165, 1.54) is 0 Å². The number of amides is 2. The average Bonchev–Trinajstić information content (AvgIpc) is 2.91. The van der Waals surface area contributed by atoms with Gasteiger partial charge in [0.15, 0.2) is 0 Å². The van der Waals surface area contributed by atoms with Crippen LogP contribution in [0.15, 0.2) is 72.8 Å². The number of halogens is 2. The molecule has 0 N–H and O–H groups in total. The summed E-state index contributed by atoms with van der Waals surface area (Å²) in [7, 11) is 1.78. The minimum absolute atomic E-state index is 0.0348. The van der Waals surface area contributed by atoms with Gasteiger partial charge in [0, 0.05) is 30.2 Å². The molecule has 1 aliphatic heterocycles. The molecule has 4 rings (SSSR count). The first kappa shape index (κ1) is 28.0. The lowest BCUT2D eigenvalue weighted by molar-refractivity contribution is -0.165. The van der Waals surface area contributed by atoms with Crippen LogP contribution in [0.4, 0.5) is 0 Å². The van der Waals surface area contributed by atoms with Crippen molar-refractivity contribution < 1.29 is 19.1 Å². The van der Waals surface area contributed by atoms with Gasteiger partial charge in [-0.2, -0.15) is 0 Å². The first-order valence-corrected chi connectivity index (χ1v) is 13.3.